The standard InChI is InChI=1S/C19H38N4O2.HI/c1-3-20-19(22-9-11-23-10-4-6-17(2)14-23)21-8-5-12-24-15-18-7-13-25-16-18;/h17-18H,3-16H2,1-2H3,(H2,20,21,22);1H. The number of hydrogen-bond acceptors (Lipinski definition) is 4. The molecule has 2 aliphatic heterocycles. The molecule has 2 N–H and O–H groups in total. The molecule has 0 saturated carbocycles. The summed E-state index contributed by atoms with van der Waals surface area (Å²) in [5, 5.41) is 6.79. The average Bonchev–Trinajstić information content (AvgIpc) is 3.11. The minimum absolute atomic E-state index is 0. The van der Waals surface area contributed by atoms with Gasteiger partial charge in [-0.25, -0.2) is 0 Å². The van der Waals surface area contributed by atoms with Crippen LogP contribution in [0.2, 0.25) is 0 Å². The first kappa shape index (κ1) is 23.9. The van der Waals surface area contributed by atoms with Crippen molar-refractivity contribution in [1.29, 1.82) is 0 Å². The molecule has 2 unspecified atom stereocenters. The molecule has 2 aliphatic rings. The fourth-order valence-electron chi connectivity index (χ4n) is 3.49. The number of guanidine groups is 1. The van der Waals surface area contributed by atoms with Gasteiger partial charge in [-0.3, -0.25) is 4.99 Å². The number of likely N-dealkylation sites (tertiary alicyclic amines) is 1. The third-order valence-corrected chi connectivity index (χ3v) is 4.90. The van der Waals surface area contributed by atoms with E-state index in [0.717, 1.165) is 77.3 Å². The van der Waals surface area contributed by atoms with Gasteiger partial charge < -0.3 is 25.0 Å². The van der Waals surface area contributed by atoms with Crippen LogP contribution in [0.25, 0.3) is 0 Å². The van der Waals surface area contributed by atoms with E-state index in [4.69, 9.17) is 9.47 Å². The van der Waals surface area contributed by atoms with Gasteiger partial charge in [0, 0.05) is 51.9 Å². The van der Waals surface area contributed by atoms with E-state index in [1.165, 1.54) is 25.9 Å². The van der Waals surface area contributed by atoms with Gasteiger partial charge in [0.2, 0.25) is 0 Å². The maximum Gasteiger partial charge on any atom is 0.191 e. The van der Waals surface area contributed by atoms with Gasteiger partial charge in [0.25, 0.3) is 0 Å². The molecule has 0 aliphatic carbocycles. The average molecular weight is 482 g/mol. The molecule has 2 saturated heterocycles. The van der Waals surface area contributed by atoms with Crippen molar-refractivity contribution in [3.05, 3.63) is 0 Å². The molecule has 2 rings (SSSR count). The molecule has 2 heterocycles. The maximum absolute atomic E-state index is 5.73. The van der Waals surface area contributed by atoms with Crippen LogP contribution in [0.15, 0.2) is 4.99 Å². The van der Waals surface area contributed by atoms with Crippen LogP contribution in [0.5, 0.6) is 0 Å². The van der Waals surface area contributed by atoms with E-state index in [2.05, 4.69) is 34.4 Å². The molecule has 154 valence electrons. The number of piperidine rings is 1. The zero-order chi connectivity index (χ0) is 17.7. The molecule has 26 heavy (non-hydrogen) atoms. The summed E-state index contributed by atoms with van der Waals surface area (Å²) in [5.74, 6) is 2.36. The van der Waals surface area contributed by atoms with E-state index in [1.54, 1.807) is 0 Å². The van der Waals surface area contributed by atoms with Crippen LogP contribution in [0.4, 0.5) is 0 Å². The van der Waals surface area contributed by atoms with Crippen molar-refractivity contribution < 1.29 is 9.47 Å². The van der Waals surface area contributed by atoms with Gasteiger partial charge in [-0.1, -0.05) is 6.92 Å². The van der Waals surface area contributed by atoms with Crippen LogP contribution in [0.3, 0.4) is 0 Å². The number of nitrogens with zero attached hydrogens (tertiary/aromatic N) is 2. The van der Waals surface area contributed by atoms with Gasteiger partial charge in [0.1, 0.15) is 0 Å². The number of nitrogens with one attached hydrogen (secondary N) is 2. The Kier molecular flexibility index (Phi) is 13.7. The van der Waals surface area contributed by atoms with E-state index >= 15 is 0 Å². The summed E-state index contributed by atoms with van der Waals surface area (Å²) >= 11 is 0. The molecule has 2 fully saturated rings. The quantitative estimate of drug-likeness (QED) is 0.217. The highest BCUT2D eigenvalue weighted by atomic mass is 127. The van der Waals surface area contributed by atoms with Gasteiger partial charge in [-0.15, -0.1) is 24.0 Å². The highest BCUT2D eigenvalue weighted by molar-refractivity contribution is 14.0. The van der Waals surface area contributed by atoms with Crippen molar-refractivity contribution in [1.82, 2.24) is 15.5 Å². The third kappa shape index (κ3) is 10.3. The predicted octanol–water partition coefficient (Wildman–Crippen LogP) is 2.33. The third-order valence-electron chi connectivity index (χ3n) is 4.90. The second-order valence-corrected chi connectivity index (χ2v) is 7.39. The van der Waals surface area contributed by atoms with Crippen LogP contribution in [0.1, 0.15) is 39.5 Å². The first-order chi connectivity index (χ1) is 12.3. The number of aliphatic imine (C=N–C) groups is 1. The van der Waals surface area contributed by atoms with Gasteiger partial charge in [-0.05, 0) is 45.1 Å². The topological polar surface area (TPSA) is 58.1 Å². The Hall–Kier alpha value is -0.120. The number of hydrogen-bond donors (Lipinski definition) is 2. The van der Waals surface area contributed by atoms with Crippen molar-refractivity contribution in [2.24, 2.45) is 16.8 Å². The molecule has 6 nitrogen and oxygen atoms in total. The minimum Gasteiger partial charge on any atom is -0.381 e. The molecule has 0 amide bonds. The summed E-state index contributed by atoms with van der Waals surface area (Å²) in [6, 6.07) is 0. The van der Waals surface area contributed by atoms with E-state index < -0.39 is 0 Å². The van der Waals surface area contributed by atoms with E-state index in [1.807, 2.05) is 0 Å². The van der Waals surface area contributed by atoms with Crippen molar-refractivity contribution in [2.45, 2.75) is 39.5 Å². The smallest absolute Gasteiger partial charge is 0.191 e. The zero-order valence-electron chi connectivity index (χ0n) is 16.7. The van der Waals surface area contributed by atoms with Gasteiger partial charge in [-0.2, -0.15) is 0 Å². The lowest BCUT2D eigenvalue weighted by atomic mass is 10.0. The zero-order valence-corrected chi connectivity index (χ0v) is 19.0. The van der Waals surface area contributed by atoms with Crippen LogP contribution in [-0.4, -0.2) is 76.6 Å². The van der Waals surface area contributed by atoms with E-state index in [-0.39, 0.29) is 24.0 Å². The van der Waals surface area contributed by atoms with Crippen molar-refractivity contribution in [3.8, 4) is 0 Å². The minimum atomic E-state index is 0. The fraction of sp³-hybridized carbons (Fsp3) is 0.947. The first-order valence-electron chi connectivity index (χ1n) is 10.2. The Bertz CT molecular complexity index is 379. The highest BCUT2D eigenvalue weighted by Gasteiger charge is 2.16. The normalized spacial score (nSPS) is 24.3. The Morgan fingerprint density at radius 1 is 1.31 bits per heavy atom. The second kappa shape index (κ2) is 14.9. The molecule has 0 aromatic rings. The largest absolute Gasteiger partial charge is 0.381 e. The lowest BCUT2D eigenvalue weighted by Gasteiger charge is -2.30. The summed E-state index contributed by atoms with van der Waals surface area (Å²) < 4.78 is 11.1. The number of rotatable bonds is 10. The first-order valence-corrected chi connectivity index (χ1v) is 10.2. The molecular formula is C19H39IN4O2. The molecule has 0 aromatic carbocycles. The van der Waals surface area contributed by atoms with E-state index in [0.29, 0.717) is 5.92 Å². The molecule has 0 aromatic heterocycles. The van der Waals surface area contributed by atoms with E-state index in [9.17, 15) is 0 Å². The SMILES string of the molecule is CCNC(=NCCCOCC1CCOC1)NCCN1CCCC(C)C1.I. The monoisotopic (exact) mass is 482 g/mol. The van der Waals surface area contributed by atoms with Crippen LogP contribution < -0.4 is 10.6 Å². The van der Waals surface area contributed by atoms with Crippen LogP contribution in [0, 0.1) is 11.8 Å². The lowest BCUT2D eigenvalue weighted by Crippen LogP contribution is -2.43. The van der Waals surface area contributed by atoms with Gasteiger partial charge >= 0.3 is 0 Å². The Morgan fingerprint density at radius 2 is 2.19 bits per heavy atom. The van der Waals surface area contributed by atoms with Gasteiger partial charge in [0.15, 0.2) is 5.96 Å². The van der Waals surface area contributed by atoms with Crippen molar-refractivity contribution in [2.75, 3.05) is 65.7 Å². The molecule has 0 spiro atoms. The number of halogens is 1. The summed E-state index contributed by atoms with van der Waals surface area (Å²) in [4.78, 5) is 7.21. The lowest BCUT2D eigenvalue weighted by molar-refractivity contribution is 0.0893. The maximum atomic E-state index is 5.73. The van der Waals surface area contributed by atoms with Gasteiger partial charge in [0.05, 0.1) is 13.2 Å². The molecule has 7 heteroatoms. The summed E-state index contributed by atoms with van der Waals surface area (Å²) in [6.07, 6.45) is 4.82. The predicted molar refractivity (Wildman–Crippen MR) is 119 cm³/mol. The molecule has 0 bridgehead atoms. The Balaban J connectivity index is 0.00000338. The number of ether oxygens (including phenoxy) is 2. The van der Waals surface area contributed by atoms with Crippen molar-refractivity contribution >= 4 is 29.9 Å². The highest BCUT2D eigenvalue weighted by Crippen LogP contribution is 2.14. The Morgan fingerprint density at radius 3 is 2.92 bits per heavy atom. The molecule has 0 radical (unpaired) electrons. The summed E-state index contributed by atoms with van der Waals surface area (Å²) in [6.45, 7) is 14.1. The fourth-order valence-corrected chi connectivity index (χ4v) is 3.49. The Labute approximate surface area is 176 Å². The van der Waals surface area contributed by atoms with Crippen LogP contribution in [-0.2, 0) is 9.47 Å². The van der Waals surface area contributed by atoms with Crippen LogP contribution >= 0.6 is 24.0 Å². The molecule has 2 atom stereocenters. The second-order valence-electron chi connectivity index (χ2n) is 7.39. The summed E-state index contributed by atoms with van der Waals surface area (Å²) in [7, 11) is 0. The molecular weight excluding hydrogens is 443 g/mol. The summed E-state index contributed by atoms with van der Waals surface area (Å²) in [5.41, 5.74) is 0. The van der Waals surface area contributed by atoms with Crippen molar-refractivity contribution in [3.63, 3.8) is 0 Å².